The van der Waals surface area contributed by atoms with Crippen LogP contribution in [0.15, 0.2) is 30.3 Å². The molecule has 0 saturated carbocycles. The first-order chi connectivity index (χ1) is 10.8. The Bertz CT molecular complexity index is 771. The number of carbonyl (C=O) groups excluding carboxylic acids is 1. The highest BCUT2D eigenvalue weighted by Gasteiger charge is 2.12. The lowest BCUT2D eigenvalue weighted by molar-refractivity contribution is 0.0977. The maximum Gasteiger partial charge on any atom is 0.257 e. The van der Waals surface area contributed by atoms with Crippen molar-refractivity contribution in [1.29, 1.82) is 0 Å². The third-order valence-electron chi connectivity index (χ3n) is 3.13. The van der Waals surface area contributed by atoms with Gasteiger partial charge in [-0.05, 0) is 49.8 Å². The molecule has 2 rings (SSSR count). The van der Waals surface area contributed by atoms with Crippen LogP contribution in [0.5, 0.6) is 5.75 Å². The number of carbonyl (C=O) groups is 1. The first kappa shape index (κ1) is 17.5. The van der Waals surface area contributed by atoms with Crippen LogP contribution in [-0.4, -0.2) is 16.1 Å². The number of benzene rings is 2. The lowest BCUT2D eigenvalue weighted by Crippen LogP contribution is -2.34. The Kier molecular flexibility index (Phi) is 5.46. The Labute approximate surface area is 149 Å². The second-order valence-electron chi connectivity index (χ2n) is 5.02. The van der Waals surface area contributed by atoms with Gasteiger partial charge in [0.1, 0.15) is 0 Å². The summed E-state index contributed by atoms with van der Waals surface area (Å²) >= 11 is 16.8. The maximum atomic E-state index is 12.2. The van der Waals surface area contributed by atoms with Crippen molar-refractivity contribution in [2.24, 2.45) is 0 Å². The fraction of sp³-hybridized carbons (Fsp3) is 0.125. The van der Waals surface area contributed by atoms with Crippen LogP contribution in [0, 0.1) is 13.8 Å². The molecule has 0 aliphatic rings. The molecule has 0 aliphatic heterocycles. The van der Waals surface area contributed by atoms with Crippen LogP contribution in [0.25, 0.3) is 0 Å². The van der Waals surface area contributed by atoms with Crippen molar-refractivity contribution in [2.75, 3.05) is 5.32 Å². The fourth-order valence-corrected chi connectivity index (χ4v) is 2.74. The molecule has 0 aromatic heterocycles. The number of phenols is 1. The van der Waals surface area contributed by atoms with Gasteiger partial charge in [-0.1, -0.05) is 40.9 Å². The summed E-state index contributed by atoms with van der Waals surface area (Å²) in [6.07, 6.45) is 0. The number of halogens is 2. The number of thiocarbonyl (C=S) groups is 1. The van der Waals surface area contributed by atoms with E-state index in [0.717, 1.165) is 11.1 Å². The van der Waals surface area contributed by atoms with E-state index in [0.29, 0.717) is 11.3 Å². The summed E-state index contributed by atoms with van der Waals surface area (Å²) < 4.78 is 0. The maximum absolute atomic E-state index is 12.2. The summed E-state index contributed by atoms with van der Waals surface area (Å²) in [5.74, 6) is -0.514. The number of anilines is 1. The number of hydrogen-bond donors (Lipinski definition) is 3. The number of amides is 1. The second kappa shape index (κ2) is 7.17. The Balaban J connectivity index is 2.09. The van der Waals surface area contributed by atoms with E-state index in [1.54, 1.807) is 6.07 Å². The van der Waals surface area contributed by atoms with Crippen LogP contribution in [0.3, 0.4) is 0 Å². The molecule has 4 nitrogen and oxygen atoms in total. The van der Waals surface area contributed by atoms with Gasteiger partial charge >= 0.3 is 0 Å². The van der Waals surface area contributed by atoms with Crippen molar-refractivity contribution in [1.82, 2.24) is 5.32 Å². The van der Waals surface area contributed by atoms with Gasteiger partial charge in [-0.15, -0.1) is 0 Å². The quantitative estimate of drug-likeness (QED) is 0.541. The topological polar surface area (TPSA) is 61.4 Å². The van der Waals surface area contributed by atoms with Crippen molar-refractivity contribution < 1.29 is 9.90 Å². The highest BCUT2D eigenvalue weighted by atomic mass is 35.5. The van der Waals surface area contributed by atoms with Crippen LogP contribution in [0.4, 0.5) is 5.69 Å². The zero-order valence-corrected chi connectivity index (χ0v) is 14.7. The molecule has 0 bridgehead atoms. The van der Waals surface area contributed by atoms with E-state index in [-0.39, 0.29) is 26.8 Å². The van der Waals surface area contributed by atoms with Gasteiger partial charge in [0.15, 0.2) is 10.9 Å². The smallest absolute Gasteiger partial charge is 0.257 e. The molecule has 0 radical (unpaired) electrons. The van der Waals surface area contributed by atoms with Crippen LogP contribution in [0.1, 0.15) is 21.5 Å². The van der Waals surface area contributed by atoms with Crippen molar-refractivity contribution >= 4 is 52.1 Å². The number of aryl methyl sites for hydroxylation is 2. The molecule has 0 spiro atoms. The van der Waals surface area contributed by atoms with Gasteiger partial charge < -0.3 is 10.4 Å². The minimum atomic E-state index is -0.309. The average Bonchev–Trinajstić information content (AvgIpc) is 2.44. The fourth-order valence-electron chi connectivity index (χ4n) is 2.04. The minimum Gasteiger partial charge on any atom is -0.505 e. The molecule has 3 N–H and O–H groups in total. The summed E-state index contributed by atoms with van der Waals surface area (Å²) in [4.78, 5) is 12.2. The van der Waals surface area contributed by atoms with E-state index in [1.807, 2.05) is 26.0 Å². The average molecular weight is 369 g/mol. The molecular weight excluding hydrogens is 355 g/mol. The summed E-state index contributed by atoms with van der Waals surface area (Å²) in [5.41, 5.74) is 2.94. The summed E-state index contributed by atoms with van der Waals surface area (Å²) in [6.45, 7) is 3.82. The number of rotatable bonds is 2. The van der Waals surface area contributed by atoms with Crippen molar-refractivity contribution in [3.05, 3.63) is 57.1 Å². The highest BCUT2D eigenvalue weighted by Crippen LogP contribution is 2.34. The third-order valence-corrected chi connectivity index (χ3v) is 3.91. The van der Waals surface area contributed by atoms with Gasteiger partial charge in [-0.2, -0.15) is 0 Å². The summed E-state index contributed by atoms with van der Waals surface area (Å²) in [5, 5.41) is 15.2. The van der Waals surface area contributed by atoms with E-state index in [9.17, 15) is 9.90 Å². The molecule has 7 heteroatoms. The Morgan fingerprint density at radius 3 is 2.30 bits per heavy atom. The molecule has 0 atom stereocenters. The normalized spacial score (nSPS) is 10.3. The van der Waals surface area contributed by atoms with Gasteiger partial charge in [0.05, 0.1) is 10.0 Å². The standard InChI is InChI=1S/C16H14Cl2N2O2S/c1-8-3-4-11(9(2)5-8)15(22)20-16(23)19-10-6-12(17)14(21)13(18)7-10/h3-7,21H,1-2H3,(H2,19,20,22,23). The lowest BCUT2D eigenvalue weighted by Gasteiger charge is -2.12. The molecule has 0 fully saturated rings. The second-order valence-corrected chi connectivity index (χ2v) is 6.24. The Hall–Kier alpha value is -1.82. The van der Waals surface area contributed by atoms with Crippen LogP contribution in [-0.2, 0) is 0 Å². The van der Waals surface area contributed by atoms with Gasteiger partial charge in [-0.3, -0.25) is 10.1 Å². The van der Waals surface area contributed by atoms with E-state index >= 15 is 0 Å². The van der Waals surface area contributed by atoms with Crippen molar-refractivity contribution in [2.45, 2.75) is 13.8 Å². The van der Waals surface area contributed by atoms with Crippen molar-refractivity contribution in [3.63, 3.8) is 0 Å². The monoisotopic (exact) mass is 368 g/mol. The molecule has 0 aliphatic carbocycles. The molecule has 120 valence electrons. The molecule has 0 unspecified atom stereocenters. The van der Waals surface area contributed by atoms with E-state index < -0.39 is 0 Å². The predicted molar refractivity (Wildman–Crippen MR) is 97.7 cm³/mol. The van der Waals surface area contributed by atoms with Crippen molar-refractivity contribution in [3.8, 4) is 5.75 Å². The molecule has 2 aromatic rings. The largest absolute Gasteiger partial charge is 0.505 e. The van der Waals surface area contributed by atoms with Gasteiger partial charge in [-0.25, -0.2) is 0 Å². The first-order valence-corrected chi connectivity index (χ1v) is 7.82. The number of hydrogen-bond acceptors (Lipinski definition) is 3. The highest BCUT2D eigenvalue weighted by molar-refractivity contribution is 7.80. The summed E-state index contributed by atoms with van der Waals surface area (Å²) in [7, 11) is 0. The molecule has 0 saturated heterocycles. The number of phenolic OH excluding ortho intramolecular Hbond substituents is 1. The third kappa shape index (κ3) is 4.34. The van der Waals surface area contributed by atoms with Gasteiger partial charge in [0.25, 0.3) is 5.91 Å². The zero-order valence-electron chi connectivity index (χ0n) is 12.4. The van der Waals surface area contributed by atoms with Crippen LogP contribution in [0.2, 0.25) is 10.0 Å². The SMILES string of the molecule is Cc1ccc(C(=O)NC(=S)Nc2cc(Cl)c(O)c(Cl)c2)c(C)c1. The molecule has 2 aromatic carbocycles. The van der Waals surface area contributed by atoms with Crippen LogP contribution < -0.4 is 10.6 Å². The molecule has 0 heterocycles. The van der Waals surface area contributed by atoms with E-state index in [1.165, 1.54) is 12.1 Å². The molecule has 1 amide bonds. The Morgan fingerprint density at radius 2 is 1.74 bits per heavy atom. The predicted octanol–water partition coefficient (Wildman–Crippen LogP) is 4.44. The lowest BCUT2D eigenvalue weighted by atomic mass is 10.1. The van der Waals surface area contributed by atoms with Crippen LogP contribution >= 0.6 is 35.4 Å². The van der Waals surface area contributed by atoms with E-state index in [2.05, 4.69) is 10.6 Å². The summed E-state index contributed by atoms with van der Waals surface area (Å²) in [6, 6.07) is 8.44. The number of aromatic hydroxyl groups is 1. The first-order valence-electron chi connectivity index (χ1n) is 6.65. The van der Waals surface area contributed by atoms with E-state index in [4.69, 9.17) is 35.4 Å². The van der Waals surface area contributed by atoms with Gasteiger partial charge in [0, 0.05) is 11.3 Å². The number of nitrogens with one attached hydrogen (secondary N) is 2. The zero-order chi connectivity index (χ0) is 17.1. The van der Waals surface area contributed by atoms with Gasteiger partial charge in [0.2, 0.25) is 0 Å². The molecular formula is C16H14Cl2N2O2S. The minimum absolute atomic E-state index is 0.0866. The Morgan fingerprint density at radius 1 is 1.13 bits per heavy atom. The molecule has 23 heavy (non-hydrogen) atoms.